The first-order valence-corrected chi connectivity index (χ1v) is 9.46. The van der Waals surface area contributed by atoms with Crippen molar-refractivity contribution in [3.8, 4) is 0 Å². The molecule has 0 saturated carbocycles. The summed E-state index contributed by atoms with van der Waals surface area (Å²) < 4.78 is 5.33. The van der Waals surface area contributed by atoms with Gasteiger partial charge in [0.2, 0.25) is 5.95 Å². The maximum absolute atomic E-state index is 12.1. The van der Waals surface area contributed by atoms with E-state index in [0.29, 0.717) is 48.5 Å². The van der Waals surface area contributed by atoms with Crippen LogP contribution in [0, 0.1) is 0 Å². The van der Waals surface area contributed by atoms with Gasteiger partial charge in [-0.15, -0.1) is 0 Å². The Kier molecular flexibility index (Phi) is 7.23. The number of hydrogen-bond donors (Lipinski definition) is 2. The highest BCUT2D eigenvalue weighted by Gasteiger charge is 2.13. The van der Waals surface area contributed by atoms with E-state index in [1.165, 1.54) is 0 Å². The number of rotatable bonds is 7. The highest BCUT2D eigenvalue weighted by molar-refractivity contribution is 6.42. The van der Waals surface area contributed by atoms with E-state index in [9.17, 15) is 4.79 Å². The van der Waals surface area contributed by atoms with Gasteiger partial charge in [0, 0.05) is 56.2 Å². The van der Waals surface area contributed by atoms with Crippen LogP contribution in [0.15, 0.2) is 30.6 Å². The molecule has 1 fully saturated rings. The van der Waals surface area contributed by atoms with Gasteiger partial charge in [-0.3, -0.25) is 4.79 Å². The van der Waals surface area contributed by atoms with E-state index >= 15 is 0 Å². The zero-order valence-electron chi connectivity index (χ0n) is 14.8. The maximum Gasteiger partial charge on any atom is 0.251 e. The molecule has 3 rings (SSSR count). The monoisotopic (exact) mass is 409 g/mol. The summed E-state index contributed by atoms with van der Waals surface area (Å²) in [4.78, 5) is 23.0. The van der Waals surface area contributed by atoms with Gasteiger partial charge in [0.25, 0.3) is 5.91 Å². The van der Waals surface area contributed by atoms with Crippen LogP contribution in [-0.4, -0.2) is 55.3 Å². The van der Waals surface area contributed by atoms with Crippen LogP contribution in [0.4, 0.5) is 5.95 Å². The molecule has 1 aromatic heterocycles. The van der Waals surface area contributed by atoms with Crippen LogP contribution in [-0.2, 0) is 11.3 Å². The summed E-state index contributed by atoms with van der Waals surface area (Å²) in [6.45, 7) is 4.80. The molecule has 0 aliphatic carbocycles. The molecule has 0 bridgehead atoms. The fraction of sp³-hybridized carbons (Fsp3) is 0.389. The molecule has 2 aromatic rings. The second kappa shape index (κ2) is 9.85. The Labute approximate surface area is 168 Å². The predicted octanol–water partition coefficient (Wildman–Crippen LogP) is 2.14. The van der Waals surface area contributed by atoms with E-state index in [1.807, 2.05) is 12.4 Å². The van der Waals surface area contributed by atoms with E-state index in [-0.39, 0.29) is 5.91 Å². The average molecular weight is 410 g/mol. The van der Waals surface area contributed by atoms with Crippen molar-refractivity contribution in [2.45, 2.75) is 6.54 Å². The summed E-state index contributed by atoms with van der Waals surface area (Å²) in [5.74, 6) is 0.546. The van der Waals surface area contributed by atoms with E-state index in [4.69, 9.17) is 27.9 Å². The number of hydrogen-bond acceptors (Lipinski definition) is 6. The Hall–Kier alpha value is -1.93. The molecule has 144 valence electrons. The fourth-order valence-electron chi connectivity index (χ4n) is 2.60. The Morgan fingerprint density at radius 3 is 2.56 bits per heavy atom. The first kappa shape index (κ1) is 19.8. The van der Waals surface area contributed by atoms with E-state index in [2.05, 4.69) is 25.5 Å². The zero-order valence-corrected chi connectivity index (χ0v) is 16.3. The Morgan fingerprint density at radius 2 is 1.85 bits per heavy atom. The van der Waals surface area contributed by atoms with Crippen molar-refractivity contribution in [2.24, 2.45) is 0 Å². The summed E-state index contributed by atoms with van der Waals surface area (Å²) in [5.41, 5.74) is 1.47. The van der Waals surface area contributed by atoms with Crippen molar-refractivity contribution in [1.82, 2.24) is 20.6 Å². The highest BCUT2D eigenvalue weighted by atomic mass is 35.5. The second-order valence-electron chi connectivity index (χ2n) is 6.05. The second-order valence-corrected chi connectivity index (χ2v) is 6.87. The Balaban J connectivity index is 1.37. The molecule has 2 N–H and O–H groups in total. The molecule has 9 heteroatoms. The van der Waals surface area contributed by atoms with Gasteiger partial charge in [-0.2, -0.15) is 0 Å². The van der Waals surface area contributed by atoms with Crippen LogP contribution in [0.1, 0.15) is 15.9 Å². The molecule has 0 unspecified atom stereocenters. The molecule has 0 atom stereocenters. The molecule has 0 spiro atoms. The molecular weight excluding hydrogens is 389 g/mol. The topological polar surface area (TPSA) is 79.4 Å². The van der Waals surface area contributed by atoms with Crippen LogP contribution in [0.5, 0.6) is 0 Å². The number of aromatic nitrogens is 2. The number of morpholine rings is 1. The van der Waals surface area contributed by atoms with Crippen LogP contribution in [0.25, 0.3) is 0 Å². The van der Waals surface area contributed by atoms with Crippen molar-refractivity contribution < 1.29 is 9.53 Å². The number of anilines is 1. The smallest absolute Gasteiger partial charge is 0.251 e. The number of amides is 1. The molecule has 1 aromatic carbocycles. The molecular formula is C18H21Cl2N5O2. The number of ether oxygens (including phenoxy) is 1. The quantitative estimate of drug-likeness (QED) is 0.681. The van der Waals surface area contributed by atoms with Gasteiger partial charge in [0.1, 0.15) is 0 Å². The summed E-state index contributed by atoms with van der Waals surface area (Å²) >= 11 is 11.8. The molecule has 1 aliphatic heterocycles. The molecule has 7 nitrogen and oxygen atoms in total. The third-order valence-electron chi connectivity index (χ3n) is 4.08. The van der Waals surface area contributed by atoms with Gasteiger partial charge >= 0.3 is 0 Å². The van der Waals surface area contributed by atoms with Crippen molar-refractivity contribution in [1.29, 1.82) is 0 Å². The normalized spacial score (nSPS) is 14.2. The maximum atomic E-state index is 12.1. The minimum atomic E-state index is -0.187. The molecule has 0 radical (unpaired) electrons. The Morgan fingerprint density at radius 1 is 1.11 bits per heavy atom. The fourth-order valence-corrected chi connectivity index (χ4v) is 2.90. The van der Waals surface area contributed by atoms with E-state index in [1.54, 1.807) is 18.2 Å². The van der Waals surface area contributed by atoms with Gasteiger partial charge in [0.15, 0.2) is 0 Å². The van der Waals surface area contributed by atoms with Crippen molar-refractivity contribution in [3.05, 3.63) is 51.8 Å². The molecule has 2 heterocycles. The minimum absolute atomic E-state index is 0.187. The van der Waals surface area contributed by atoms with Crippen molar-refractivity contribution in [2.75, 3.05) is 44.3 Å². The Bertz CT molecular complexity index is 767. The van der Waals surface area contributed by atoms with Crippen LogP contribution in [0.3, 0.4) is 0 Å². The summed E-state index contributed by atoms with van der Waals surface area (Å²) in [6, 6.07) is 4.81. The SMILES string of the molecule is O=C(NCCNCc1cnc(N2CCOCC2)nc1)c1ccc(Cl)c(Cl)c1. The number of nitrogens with one attached hydrogen (secondary N) is 2. The van der Waals surface area contributed by atoms with Gasteiger partial charge in [-0.05, 0) is 18.2 Å². The largest absolute Gasteiger partial charge is 0.378 e. The first-order valence-electron chi connectivity index (χ1n) is 8.71. The standard InChI is InChI=1S/C18H21Cl2N5O2/c19-15-2-1-14(9-16(15)20)17(26)22-4-3-21-10-13-11-23-18(24-12-13)25-5-7-27-8-6-25/h1-2,9,11-12,21H,3-8,10H2,(H,22,26). The van der Waals surface area contributed by atoms with Crippen molar-refractivity contribution in [3.63, 3.8) is 0 Å². The number of carbonyl (C=O) groups excluding carboxylic acids is 1. The third-order valence-corrected chi connectivity index (χ3v) is 4.82. The molecule has 1 aliphatic rings. The number of carbonyl (C=O) groups is 1. The van der Waals surface area contributed by atoms with Crippen LogP contribution in [0.2, 0.25) is 10.0 Å². The third kappa shape index (κ3) is 5.77. The average Bonchev–Trinajstić information content (AvgIpc) is 2.71. The van der Waals surface area contributed by atoms with Crippen LogP contribution < -0.4 is 15.5 Å². The summed E-state index contributed by atoms with van der Waals surface area (Å²) in [5, 5.41) is 6.88. The lowest BCUT2D eigenvalue weighted by Gasteiger charge is -2.26. The minimum Gasteiger partial charge on any atom is -0.378 e. The van der Waals surface area contributed by atoms with Gasteiger partial charge < -0.3 is 20.3 Å². The van der Waals surface area contributed by atoms with Gasteiger partial charge in [0.05, 0.1) is 23.3 Å². The van der Waals surface area contributed by atoms with E-state index < -0.39 is 0 Å². The zero-order chi connectivity index (χ0) is 19.1. The molecule has 27 heavy (non-hydrogen) atoms. The van der Waals surface area contributed by atoms with Gasteiger partial charge in [-0.1, -0.05) is 23.2 Å². The van der Waals surface area contributed by atoms with E-state index in [0.717, 1.165) is 24.6 Å². The first-order chi connectivity index (χ1) is 13.1. The number of halogens is 2. The highest BCUT2D eigenvalue weighted by Crippen LogP contribution is 2.22. The van der Waals surface area contributed by atoms with Crippen LogP contribution >= 0.6 is 23.2 Å². The number of nitrogens with zero attached hydrogens (tertiary/aromatic N) is 3. The molecule has 1 saturated heterocycles. The lowest BCUT2D eigenvalue weighted by molar-refractivity contribution is 0.0954. The van der Waals surface area contributed by atoms with Crippen molar-refractivity contribution >= 4 is 35.1 Å². The predicted molar refractivity (Wildman–Crippen MR) is 106 cm³/mol. The lowest BCUT2D eigenvalue weighted by atomic mass is 10.2. The van der Waals surface area contributed by atoms with Gasteiger partial charge in [-0.25, -0.2) is 9.97 Å². The molecule has 1 amide bonds. The lowest BCUT2D eigenvalue weighted by Crippen LogP contribution is -2.37. The summed E-state index contributed by atoms with van der Waals surface area (Å²) in [6.07, 6.45) is 3.64. The number of benzene rings is 1. The summed E-state index contributed by atoms with van der Waals surface area (Å²) in [7, 11) is 0.